The molecule has 20 heavy (non-hydrogen) atoms. The Morgan fingerprint density at radius 3 is 2.35 bits per heavy atom. The highest BCUT2D eigenvalue weighted by Gasteiger charge is 2.19. The lowest BCUT2D eigenvalue weighted by molar-refractivity contribution is -0.141. The van der Waals surface area contributed by atoms with Crippen molar-refractivity contribution in [2.45, 2.75) is 27.2 Å². The zero-order chi connectivity index (χ0) is 14.7. The fourth-order valence-electron chi connectivity index (χ4n) is 2.32. The van der Waals surface area contributed by atoms with Gasteiger partial charge in [-0.2, -0.15) is 0 Å². The van der Waals surface area contributed by atoms with Crippen LogP contribution in [0.1, 0.15) is 23.9 Å². The van der Waals surface area contributed by atoms with E-state index in [4.69, 9.17) is 9.84 Å². The summed E-state index contributed by atoms with van der Waals surface area (Å²) in [7, 11) is 0. The molecule has 1 atom stereocenters. The van der Waals surface area contributed by atoms with Crippen LogP contribution in [0.5, 0.6) is 0 Å². The van der Waals surface area contributed by atoms with Gasteiger partial charge in [0.1, 0.15) is 0 Å². The predicted molar refractivity (Wildman–Crippen MR) is 75.0 cm³/mol. The first-order chi connectivity index (χ1) is 9.49. The van der Waals surface area contributed by atoms with Crippen molar-refractivity contribution in [1.29, 1.82) is 0 Å². The Morgan fingerprint density at radius 1 is 1.30 bits per heavy atom. The first-order valence-electron chi connectivity index (χ1n) is 6.88. The van der Waals surface area contributed by atoms with Crippen LogP contribution in [0.15, 0.2) is 0 Å². The molecule has 2 heterocycles. The van der Waals surface area contributed by atoms with Gasteiger partial charge in [-0.05, 0) is 25.8 Å². The van der Waals surface area contributed by atoms with E-state index in [-0.39, 0.29) is 0 Å². The number of hydrogen-bond acceptors (Lipinski definition) is 5. The standard InChI is InChI=1S/C14H21N3O3/c1-9(13(18)19)8-12-10(2)15-14(16-11(12)3)17-4-6-20-7-5-17/h9H,4-8H2,1-3H3,(H,18,19). The number of carbonyl (C=O) groups is 1. The van der Waals surface area contributed by atoms with Crippen molar-refractivity contribution in [3.05, 3.63) is 17.0 Å². The normalized spacial score (nSPS) is 17.1. The number of morpholine rings is 1. The first-order valence-corrected chi connectivity index (χ1v) is 6.88. The number of hydrogen-bond donors (Lipinski definition) is 1. The lowest BCUT2D eigenvalue weighted by atomic mass is 9.99. The number of carboxylic acids is 1. The third-order valence-electron chi connectivity index (χ3n) is 3.63. The Kier molecular flexibility index (Phi) is 4.54. The van der Waals surface area contributed by atoms with Crippen LogP contribution in [0.2, 0.25) is 0 Å². The van der Waals surface area contributed by atoms with Gasteiger partial charge in [-0.1, -0.05) is 6.92 Å². The maximum Gasteiger partial charge on any atom is 0.306 e. The highest BCUT2D eigenvalue weighted by Crippen LogP contribution is 2.19. The van der Waals surface area contributed by atoms with Crippen LogP contribution in [-0.4, -0.2) is 47.3 Å². The molecular formula is C14H21N3O3. The van der Waals surface area contributed by atoms with Gasteiger partial charge in [-0.25, -0.2) is 9.97 Å². The summed E-state index contributed by atoms with van der Waals surface area (Å²) in [4.78, 5) is 22.2. The Morgan fingerprint density at radius 2 is 1.85 bits per heavy atom. The van der Waals surface area contributed by atoms with E-state index in [0.29, 0.717) is 19.6 Å². The van der Waals surface area contributed by atoms with Crippen molar-refractivity contribution in [3.8, 4) is 0 Å². The van der Waals surface area contributed by atoms with E-state index in [0.717, 1.165) is 36.0 Å². The van der Waals surface area contributed by atoms with Gasteiger partial charge in [-0.15, -0.1) is 0 Å². The van der Waals surface area contributed by atoms with Gasteiger partial charge in [0.15, 0.2) is 0 Å². The summed E-state index contributed by atoms with van der Waals surface area (Å²) >= 11 is 0. The average molecular weight is 279 g/mol. The zero-order valence-electron chi connectivity index (χ0n) is 12.2. The van der Waals surface area contributed by atoms with Crippen LogP contribution in [0.3, 0.4) is 0 Å². The molecule has 110 valence electrons. The monoisotopic (exact) mass is 279 g/mol. The molecule has 1 aliphatic heterocycles. The van der Waals surface area contributed by atoms with E-state index >= 15 is 0 Å². The minimum atomic E-state index is -0.791. The summed E-state index contributed by atoms with van der Waals surface area (Å²) in [5, 5.41) is 9.02. The van der Waals surface area contributed by atoms with Crippen LogP contribution in [-0.2, 0) is 16.0 Å². The highest BCUT2D eigenvalue weighted by molar-refractivity contribution is 5.70. The number of aliphatic carboxylic acids is 1. The van der Waals surface area contributed by atoms with Gasteiger partial charge in [0.05, 0.1) is 19.1 Å². The first kappa shape index (κ1) is 14.7. The summed E-state index contributed by atoms with van der Waals surface area (Å²) in [5.41, 5.74) is 2.68. The molecule has 0 radical (unpaired) electrons. The maximum atomic E-state index is 11.0. The minimum absolute atomic E-state index is 0.426. The zero-order valence-corrected chi connectivity index (χ0v) is 12.2. The molecule has 2 rings (SSSR count). The molecule has 1 aromatic heterocycles. The Bertz CT molecular complexity index is 475. The molecule has 6 heteroatoms. The fraction of sp³-hybridized carbons (Fsp3) is 0.643. The molecule has 0 bridgehead atoms. The molecule has 1 unspecified atom stereocenters. The molecule has 1 aliphatic rings. The van der Waals surface area contributed by atoms with E-state index in [2.05, 4.69) is 14.9 Å². The number of aryl methyl sites for hydroxylation is 2. The summed E-state index contributed by atoms with van der Waals surface area (Å²) < 4.78 is 5.32. The third kappa shape index (κ3) is 3.25. The van der Waals surface area contributed by atoms with E-state index < -0.39 is 11.9 Å². The number of nitrogens with zero attached hydrogens (tertiary/aromatic N) is 3. The average Bonchev–Trinajstić information content (AvgIpc) is 2.43. The molecule has 1 aromatic rings. The summed E-state index contributed by atoms with van der Waals surface area (Å²) in [6.45, 7) is 8.52. The maximum absolute atomic E-state index is 11.0. The van der Waals surface area contributed by atoms with Gasteiger partial charge >= 0.3 is 5.97 Å². The molecule has 1 fully saturated rings. The summed E-state index contributed by atoms with van der Waals surface area (Å²) in [5.74, 6) is -0.499. The second-order valence-electron chi connectivity index (χ2n) is 5.22. The van der Waals surface area contributed by atoms with E-state index in [9.17, 15) is 4.79 Å². The molecule has 1 saturated heterocycles. The van der Waals surface area contributed by atoms with Crippen molar-refractivity contribution >= 4 is 11.9 Å². The molecule has 6 nitrogen and oxygen atoms in total. The highest BCUT2D eigenvalue weighted by atomic mass is 16.5. The third-order valence-corrected chi connectivity index (χ3v) is 3.63. The SMILES string of the molecule is Cc1nc(N2CCOCC2)nc(C)c1CC(C)C(=O)O. The topological polar surface area (TPSA) is 75.5 Å². The number of aromatic nitrogens is 2. The fourth-order valence-corrected chi connectivity index (χ4v) is 2.32. The molecule has 0 aliphatic carbocycles. The van der Waals surface area contributed by atoms with Crippen molar-refractivity contribution < 1.29 is 14.6 Å². The molecular weight excluding hydrogens is 258 g/mol. The van der Waals surface area contributed by atoms with Crippen molar-refractivity contribution in [2.75, 3.05) is 31.2 Å². The second kappa shape index (κ2) is 6.17. The van der Waals surface area contributed by atoms with Crippen molar-refractivity contribution in [1.82, 2.24) is 9.97 Å². The summed E-state index contributed by atoms with van der Waals surface area (Å²) in [6, 6.07) is 0. The molecule has 0 spiro atoms. The Labute approximate surface area is 118 Å². The van der Waals surface area contributed by atoms with Crippen LogP contribution in [0, 0.1) is 19.8 Å². The number of anilines is 1. The molecule has 0 amide bonds. The van der Waals surface area contributed by atoms with Gasteiger partial charge in [0.25, 0.3) is 0 Å². The van der Waals surface area contributed by atoms with Crippen molar-refractivity contribution in [2.24, 2.45) is 5.92 Å². The van der Waals surface area contributed by atoms with E-state index in [1.54, 1.807) is 6.92 Å². The number of rotatable bonds is 4. The number of ether oxygens (including phenoxy) is 1. The lowest BCUT2D eigenvalue weighted by Crippen LogP contribution is -2.37. The smallest absolute Gasteiger partial charge is 0.306 e. The minimum Gasteiger partial charge on any atom is -0.481 e. The largest absolute Gasteiger partial charge is 0.481 e. The van der Waals surface area contributed by atoms with Gasteiger partial charge in [0.2, 0.25) is 5.95 Å². The number of carboxylic acid groups (broad SMARTS) is 1. The Hall–Kier alpha value is -1.69. The van der Waals surface area contributed by atoms with Crippen LogP contribution < -0.4 is 4.90 Å². The van der Waals surface area contributed by atoms with Gasteiger partial charge < -0.3 is 14.7 Å². The summed E-state index contributed by atoms with van der Waals surface area (Å²) in [6.07, 6.45) is 0.469. The van der Waals surface area contributed by atoms with Crippen LogP contribution in [0.25, 0.3) is 0 Å². The van der Waals surface area contributed by atoms with E-state index in [1.807, 2.05) is 13.8 Å². The molecule has 0 aromatic carbocycles. The lowest BCUT2D eigenvalue weighted by Gasteiger charge is -2.27. The van der Waals surface area contributed by atoms with Crippen LogP contribution in [0.4, 0.5) is 5.95 Å². The molecule has 1 N–H and O–H groups in total. The quantitative estimate of drug-likeness (QED) is 0.892. The van der Waals surface area contributed by atoms with Gasteiger partial charge in [0, 0.05) is 24.5 Å². The van der Waals surface area contributed by atoms with Crippen molar-refractivity contribution in [3.63, 3.8) is 0 Å². The predicted octanol–water partition coefficient (Wildman–Crippen LogP) is 1.19. The second-order valence-corrected chi connectivity index (χ2v) is 5.22. The van der Waals surface area contributed by atoms with Gasteiger partial charge in [-0.3, -0.25) is 4.79 Å². The Balaban J connectivity index is 2.21. The van der Waals surface area contributed by atoms with Crippen LogP contribution >= 0.6 is 0 Å². The molecule has 0 saturated carbocycles. The van der Waals surface area contributed by atoms with E-state index in [1.165, 1.54) is 0 Å².